The van der Waals surface area contributed by atoms with Crippen LogP contribution in [0.1, 0.15) is 45.4 Å². The predicted octanol–water partition coefficient (Wildman–Crippen LogP) is 4.40. The Labute approximate surface area is 126 Å². The maximum atomic E-state index is 12.3. The van der Waals surface area contributed by atoms with Crippen molar-refractivity contribution in [2.24, 2.45) is 11.8 Å². The van der Waals surface area contributed by atoms with Crippen molar-refractivity contribution in [2.75, 3.05) is 0 Å². The molecule has 2 rings (SSSR count). The summed E-state index contributed by atoms with van der Waals surface area (Å²) in [7, 11) is 1.42. The fraction of sp³-hybridized carbons (Fsp3) is 0.923. The van der Waals surface area contributed by atoms with E-state index in [9.17, 15) is 18.0 Å². The van der Waals surface area contributed by atoms with Crippen LogP contribution in [0.5, 0.6) is 0 Å². The fourth-order valence-corrected chi connectivity index (χ4v) is 5.17. The Morgan fingerprint density at radius 3 is 2.70 bits per heavy atom. The Bertz CT molecular complexity index is 375. The highest BCUT2D eigenvalue weighted by Crippen LogP contribution is 2.54. The average Bonchev–Trinajstić information content (AvgIpc) is 2.37. The number of alkyl halides is 3. The zero-order valence-electron chi connectivity index (χ0n) is 11.3. The molecule has 2 aliphatic carbocycles. The summed E-state index contributed by atoms with van der Waals surface area (Å²) >= 11 is 4.30. The SMILES string of the molecule is CCC1CCC2(SS)CC(OC(=O)C(F)(F)F)CC1C2. The van der Waals surface area contributed by atoms with E-state index in [1.54, 1.807) is 0 Å². The lowest BCUT2D eigenvalue weighted by Crippen LogP contribution is -2.47. The summed E-state index contributed by atoms with van der Waals surface area (Å²) in [5.41, 5.74) is 0. The second-order valence-electron chi connectivity index (χ2n) is 5.91. The normalized spacial score (nSPS) is 37.5. The van der Waals surface area contributed by atoms with E-state index < -0.39 is 18.2 Å². The van der Waals surface area contributed by atoms with Crippen molar-refractivity contribution in [2.45, 2.75) is 62.5 Å². The largest absolute Gasteiger partial charge is 0.490 e. The second kappa shape index (κ2) is 5.99. The summed E-state index contributed by atoms with van der Waals surface area (Å²) in [6.07, 6.45) is -0.468. The molecule has 20 heavy (non-hydrogen) atoms. The molecule has 2 nitrogen and oxygen atoms in total. The first-order valence-corrected chi connectivity index (χ1v) is 8.77. The first-order valence-electron chi connectivity index (χ1n) is 6.90. The number of thiol groups is 1. The molecule has 2 aliphatic rings. The molecule has 2 fully saturated rings. The van der Waals surface area contributed by atoms with Gasteiger partial charge in [0.25, 0.3) is 0 Å². The van der Waals surface area contributed by atoms with Gasteiger partial charge in [-0.15, -0.1) is 11.7 Å². The number of halogens is 3. The van der Waals surface area contributed by atoms with Crippen LogP contribution in [0.2, 0.25) is 0 Å². The van der Waals surface area contributed by atoms with Crippen molar-refractivity contribution in [1.82, 2.24) is 0 Å². The van der Waals surface area contributed by atoms with E-state index in [0.29, 0.717) is 24.7 Å². The summed E-state index contributed by atoms with van der Waals surface area (Å²) in [6.45, 7) is 2.11. The van der Waals surface area contributed by atoms with E-state index in [1.807, 2.05) is 0 Å². The van der Waals surface area contributed by atoms with Crippen LogP contribution >= 0.6 is 22.5 Å². The Morgan fingerprint density at radius 2 is 2.15 bits per heavy atom. The third kappa shape index (κ3) is 3.40. The molecular weight excluding hydrogens is 309 g/mol. The number of hydrogen-bond acceptors (Lipinski definition) is 4. The van der Waals surface area contributed by atoms with Crippen molar-refractivity contribution in [3.05, 3.63) is 0 Å². The number of hydrogen-bond donors (Lipinski definition) is 1. The van der Waals surface area contributed by atoms with Gasteiger partial charge in [0.2, 0.25) is 0 Å². The molecule has 4 atom stereocenters. The van der Waals surface area contributed by atoms with Crippen LogP contribution < -0.4 is 0 Å². The number of carbonyl (C=O) groups excluding carboxylic acids is 1. The van der Waals surface area contributed by atoms with Gasteiger partial charge in [-0.05, 0) is 43.9 Å². The van der Waals surface area contributed by atoms with Crippen LogP contribution in [0.25, 0.3) is 0 Å². The molecule has 2 bridgehead atoms. The standard InChI is InChI=1S/C13H19F3O2S2/c1-2-8-3-4-12(20-19)6-9(8)5-10(7-12)18-11(17)13(14,15)16/h8-10,19H,2-7H2,1H3. The van der Waals surface area contributed by atoms with Gasteiger partial charge in [0, 0.05) is 4.75 Å². The van der Waals surface area contributed by atoms with Gasteiger partial charge in [0.05, 0.1) is 0 Å². The maximum absolute atomic E-state index is 12.3. The zero-order chi connectivity index (χ0) is 15.0. The Balaban J connectivity index is 2.07. The lowest BCUT2D eigenvalue weighted by molar-refractivity contribution is -0.207. The molecule has 0 spiro atoms. The highest BCUT2D eigenvalue weighted by Gasteiger charge is 2.49. The monoisotopic (exact) mass is 328 g/mol. The predicted molar refractivity (Wildman–Crippen MR) is 75.6 cm³/mol. The molecule has 0 saturated heterocycles. The molecule has 0 heterocycles. The van der Waals surface area contributed by atoms with Crippen LogP contribution in [-0.2, 0) is 9.53 Å². The minimum Gasteiger partial charge on any atom is -0.456 e. The summed E-state index contributed by atoms with van der Waals surface area (Å²) in [6, 6.07) is 0. The van der Waals surface area contributed by atoms with Gasteiger partial charge >= 0.3 is 12.1 Å². The highest BCUT2D eigenvalue weighted by atomic mass is 33.1. The summed E-state index contributed by atoms with van der Waals surface area (Å²) in [4.78, 5) is 11.0. The van der Waals surface area contributed by atoms with Crippen molar-refractivity contribution in [1.29, 1.82) is 0 Å². The zero-order valence-corrected chi connectivity index (χ0v) is 13.0. The van der Waals surface area contributed by atoms with Gasteiger partial charge in [-0.1, -0.05) is 24.1 Å². The van der Waals surface area contributed by atoms with Crippen LogP contribution in [0.4, 0.5) is 13.2 Å². The topological polar surface area (TPSA) is 26.3 Å². The lowest BCUT2D eigenvalue weighted by atomic mass is 9.64. The molecule has 116 valence electrons. The Kier molecular flexibility index (Phi) is 4.89. The number of esters is 1. The van der Waals surface area contributed by atoms with Crippen LogP contribution in [-0.4, -0.2) is 23.0 Å². The molecule has 0 amide bonds. The van der Waals surface area contributed by atoms with Gasteiger partial charge in [-0.3, -0.25) is 0 Å². The number of rotatable bonds is 3. The number of ether oxygens (including phenoxy) is 1. The number of carbonyl (C=O) groups is 1. The molecule has 0 aromatic rings. The molecule has 0 radical (unpaired) electrons. The minimum atomic E-state index is -4.90. The fourth-order valence-electron chi connectivity index (χ4n) is 3.69. The summed E-state index contributed by atoms with van der Waals surface area (Å²) in [5, 5.41) is 0. The van der Waals surface area contributed by atoms with Gasteiger partial charge < -0.3 is 4.74 Å². The van der Waals surface area contributed by atoms with Gasteiger partial charge in [0.15, 0.2) is 0 Å². The average molecular weight is 328 g/mol. The van der Waals surface area contributed by atoms with Gasteiger partial charge in [0.1, 0.15) is 6.10 Å². The van der Waals surface area contributed by atoms with Gasteiger partial charge in [-0.25, -0.2) is 4.79 Å². The first kappa shape index (κ1) is 16.3. The van der Waals surface area contributed by atoms with E-state index in [1.165, 1.54) is 10.8 Å². The third-order valence-corrected chi connectivity index (χ3v) is 6.75. The van der Waals surface area contributed by atoms with Crippen molar-refractivity contribution in [3.8, 4) is 0 Å². The van der Waals surface area contributed by atoms with Crippen LogP contribution in [0, 0.1) is 11.8 Å². The van der Waals surface area contributed by atoms with E-state index >= 15 is 0 Å². The Hall–Kier alpha value is -0.0400. The van der Waals surface area contributed by atoms with E-state index in [-0.39, 0.29) is 4.75 Å². The third-order valence-electron chi connectivity index (χ3n) is 4.66. The minimum absolute atomic E-state index is 0.131. The molecule has 0 aromatic heterocycles. The molecular formula is C13H19F3O2S2. The first-order chi connectivity index (χ1) is 9.29. The van der Waals surface area contributed by atoms with E-state index in [2.05, 4.69) is 18.6 Å². The lowest BCUT2D eigenvalue weighted by Gasteiger charge is -2.49. The molecule has 4 unspecified atom stereocenters. The van der Waals surface area contributed by atoms with Crippen LogP contribution in [0.15, 0.2) is 0 Å². The van der Waals surface area contributed by atoms with Crippen LogP contribution in [0.3, 0.4) is 0 Å². The second-order valence-corrected chi connectivity index (χ2v) is 7.51. The molecule has 0 N–H and O–H groups in total. The molecule has 0 aromatic carbocycles. The van der Waals surface area contributed by atoms with Gasteiger partial charge in [-0.2, -0.15) is 13.2 Å². The molecule has 0 aliphatic heterocycles. The van der Waals surface area contributed by atoms with Crippen molar-refractivity contribution < 1.29 is 22.7 Å². The molecule has 2 saturated carbocycles. The van der Waals surface area contributed by atoms with Crippen molar-refractivity contribution in [3.63, 3.8) is 0 Å². The molecule has 7 heteroatoms. The highest BCUT2D eigenvalue weighted by molar-refractivity contribution is 8.69. The van der Waals surface area contributed by atoms with E-state index in [4.69, 9.17) is 4.74 Å². The van der Waals surface area contributed by atoms with Crippen molar-refractivity contribution >= 4 is 28.4 Å². The number of fused-ring (bicyclic) bond motifs is 2. The Morgan fingerprint density at radius 1 is 1.45 bits per heavy atom. The smallest absolute Gasteiger partial charge is 0.456 e. The maximum Gasteiger partial charge on any atom is 0.490 e. The van der Waals surface area contributed by atoms with E-state index in [0.717, 1.165) is 25.7 Å². The quantitative estimate of drug-likeness (QED) is 0.472. The summed E-state index contributed by atoms with van der Waals surface area (Å²) < 4.78 is 41.5. The summed E-state index contributed by atoms with van der Waals surface area (Å²) in [5.74, 6) is -1.20.